The van der Waals surface area contributed by atoms with Crippen molar-refractivity contribution in [2.75, 3.05) is 13.1 Å². The van der Waals surface area contributed by atoms with Crippen LogP contribution in [-0.2, 0) is 20.0 Å². The van der Waals surface area contributed by atoms with E-state index in [1.165, 1.54) is 34.2 Å². The average Bonchev–Trinajstić information content (AvgIpc) is 3.59. The Bertz CT molecular complexity index is 1390. The SMILES string of the molecule is Cc1c[nH]c2ncc(-c3cc4c(c([C@@H]5CCCN5)c3)CN(C(=O)c3cc(C)n(C)n3)CC4)cc12. The maximum absolute atomic E-state index is 13.3. The molecular formula is C27H30N6O. The van der Waals surface area contributed by atoms with Gasteiger partial charge in [-0.3, -0.25) is 9.48 Å². The number of carbonyl (C=O) groups is 1. The fraction of sp³-hybridized carbons (Fsp3) is 0.370. The average molecular weight is 455 g/mol. The molecule has 0 bridgehead atoms. The quantitative estimate of drug-likeness (QED) is 0.486. The smallest absolute Gasteiger partial charge is 0.274 e. The number of nitrogens with zero attached hydrogens (tertiary/aromatic N) is 4. The molecule has 1 aromatic carbocycles. The van der Waals surface area contributed by atoms with Gasteiger partial charge in [-0.25, -0.2) is 4.98 Å². The molecule has 0 radical (unpaired) electrons. The predicted molar refractivity (Wildman–Crippen MR) is 133 cm³/mol. The standard InChI is InChI=1S/C27H30N6O/c1-16-13-29-26-21(16)12-20(14-30-26)19-10-18-6-8-33(27(34)25-9-17(2)32(3)31-25)15-23(18)22(11-19)24-5-4-7-28-24/h9-14,24,28H,4-8,15H2,1-3H3,(H,29,30)/t24-/m0/s1. The minimum absolute atomic E-state index is 0.0151. The lowest BCUT2D eigenvalue weighted by molar-refractivity contribution is 0.0727. The van der Waals surface area contributed by atoms with E-state index in [1.807, 2.05) is 37.3 Å². The number of pyridine rings is 1. The van der Waals surface area contributed by atoms with Crippen LogP contribution in [-0.4, -0.2) is 43.6 Å². The number of aromatic amines is 1. The summed E-state index contributed by atoms with van der Waals surface area (Å²) in [5.74, 6) is 0.0151. The molecule has 3 aromatic heterocycles. The second-order valence-electron chi connectivity index (χ2n) is 9.72. The van der Waals surface area contributed by atoms with Gasteiger partial charge in [-0.05, 0) is 85.7 Å². The molecule has 2 aliphatic rings. The van der Waals surface area contributed by atoms with E-state index in [0.29, 0.717) is 24.8 Å². The summed E-state index contributed by atoms with van der Waals surface area (Å²) in [5, 5.41) is 9.27. The van der Waals surface area contributed by atoms with Gasteiger partial charge >= 0.3 is 0 Å². The molecule has 4 aromatic rings. The van der Waals surface area contributed by atoms with Crippen LogP contribution in [0.3, 0.4) is 0 Å². The van der Waals surface area contributed by atoms with Gasteiger partial charge in [0.1, 0.15) is 5.65 Å². The molecule has 5 heterocycles. The number of hydrogen-bond acceptors (Lipinski definition) is 4. The van der Waals surface area contributed by atoms with E-state index in [4.69, 9.17) is 0 Å². The molecular weight excluding hydrogens is 424 g/mol. The van der Waals surface area contributed by atoms with E-state index in [0.717, 1.165) is 41.7 Å². The zero-order chi connectivity index (χ0) is 23.4. The fourth-order valence-corrected chi connectivity index (χ4v) is 5.42. The van der Waals surface area contributed by atoms with Crippen molar-refractivity contribution in [3.63, 3.8) is 0 Å². The number of hydrogen-bond donors (Lipinski definition) is 2. The van der Waals surface area contributed by atoms with Crippen molar-refractivity contribution >= 4 is 16.9 Å². The molecule has 174 valence electrons. The minimum atomic E-state index is 0.0151. The minimum Gasteiger partial charge on any atom is -0.346 e. The Labute approximate surface area is 199 Å². The Hall–Kier alpha value is -3.45. The monoisotopic (exact) mass is 454 g/mol. The van der Waals surface area contributed by atoms with Crippen molar-refractivity contribution in [2.24, 2.45) is 7.05 Å². The number of nitrogens with one attached hydrogen (secondary N) is 2. The Morgan fingerprint density at radius 3 is 2.79 bits per heavy atom. The summed E-state index contributed by atoms with van der Waals surface area (Å²) in [6.45, 7) is 6.46. The molecule has 1 amide bonds. The summed E-state index contributed by atoms with van der Waals surface area (Å²) >= 11 is 0. The van der Waals surface area contributed by atoms with Gasteiger partial charge in [-0.1, -0.05) is 6.07 Å². The van der Waals surface area contributed by atoms with E-state index >= 15 is 0 Å². The topological polar surface area (TPSA) is 78.8 Å². The highest BCUT2D eigenvalue weighted by Gasteiger charge is 2.29. The van der Waals surface area contributed by atoms with Crippen LogP contribution < -0.4 is 5.32 Å². The molecule has 1 fully saturated rings. The number of carbonyl (C=O) groups excluding carboxylic acids is 1. The predicted octanol–water partition coefficient (Wildman–Crippen LogP) is 4.20. The molecule has 0 saturated carbocycles. The Morgan fingerprint density at radius 1 is 1.15 bits per heavy atom. The summed E-state index contributed by atoms with van der Waals surface area (Å²) in [7, 11) is 1.88. The maximum atomic E-state index is 13.3. The van der Waals surface area contributed by atoms with Gasteiger partial charge in [0.25, 0.3) is 5.91 Å². The van der Waals surface area contributed by atoms with Gasteiger partial charge in [-0.2, -0.15) is 5.10 Å². The lowest BCUT2D eigenvalue weighted by Gasteiger charge is -2.32. The van der Waals surface area contributed by atoms with Crippen molar-refractivity contribution in [3.8, 4) is 11.1 Å². The van der Waals surface area contributed by atoms with Crippen molar-refractivity contribution in [3.05, 3.63) is 70.3 Å². The summed E-state index contributed by atoms with van der Waals surface area (Å²) in [6, 6.07) is 9.08. The number of benzene rings is 1. The maximum Gasteiger partial charge on any atom is 0.274 e. The van der Waals surface area contributed by atoms with E-state index in [-0.39, 0.29) is 5.91 Å². The number of amides is 1. The van der Waals surface area contributed by atoms with Crippen LogP contribution in [0.2, 0.25) is 0 Å². The van der Waals surface area contributed by atoms with Gasteiger partial charge in [0.2, 0.25) is 0 Å². The van der Waals surface area contributed by atoms with Gasteiger partial charge in [0.15, 0.2) is 5.69 Å². The second kappa shape index (κ2) is 8.09. The molecule has 1 saturated heterocycles. The highest BCUT2D eigenvalue weighted by Crippen LogP contribution is 2.36. The van der Waals surface area contributed by atoms with Crippen molar-refractivity contribution in [1.29, 1.82) is 0 Å². The highest BCUT2D eigenvalue weighted by atomic mass is 16.2. The van der Waals surface area contributed by atoms with Gasteiger partial charge in [0.05, 0.1) is 0 Å². The Balaban J connectivity index is 1.40. The lowest BCUT2D eigenvalue weighted by atomic mass is 9.87. The first-order chi connectivity index (χ1) is 16.5. The number of aryl methyl sites for hydroxylation is 3. The van der Waals surface area contributed by atoms with Crippen molar-refractivity contribution in [1.82, 2.24) is 30.0 Å². The number of H-pyrrole nitrogens is 1. The van der Waals surface area contributed by atoms with Gasteiger partial charge in [-0.15, -0.1) is 0 Å². The lowest BCUT2D eigenvalue weighted by Crippen LogP contribution is -2.37. The summed E-state index contributed by atoms with van der Waals surface area (Å²) < 4.78 is 1.77. The third-order valence-electron chi connectivity index (χ3n) is 7.50. The van der Waals surface area contributed by atoms with Crippen LogP contribution in [0.1, 0.15) is 57.3 Å². The Kier molecular flexibility index (Phi) is 5.03. The molecule has 34 heavy (non-hydrogen) atoms. The molecule has 0 aliphatic carbocycles. The molecule has 1 atom stereocenters. The first-order valence-electron chi connectivity index (χ1n) is 12.1. The van der Waals surface area contributed by atoms with E-state index in [1.54, 1.807) is 4.68 Å². The number of aromatic nitrogens is 4. The summed E-state index contributed by atoms with van der Waals surface area (Å²) in [6.07, 6.45) is 7.12. The number of rotatable bonds is 3. The van der Waals surface area contributed by atoms with E-state index in [9.17, 15) is 4.79 Å². The second-order valence-corrected chi connectivity index (χ2v) is 9.72. The first kappa shape index (κ1) is 21.1. The van der Waals surface area contributed by atoms with Crippen molar-refractivity contribution in [2.45, 2.75) is 45.7 Å². The zero-order valence-corrected chi connectivity index (χ0v) is 20.0. The van der Waals surface area contributed by atoms with Gasteiger partial charge in [0, 0.05) is 55.2 Å². The molecule has 0 unspecified atom stereocenters. The number of fused-ring (bicyclic) bond motifs is 2. The zero-order valence-electron chi connectivity index (χ0n) is 20.0. The van der Waals surface area contributed by atoms with Crippen LogP contribution >= 0.6 is 0 Å². The summed E-state index contributed by atoms with van der Waals surface area (Å²) in [4.78, 5) is 23.1. The van der Waals surface area contributed by atoms with Crippen LogP contribution in [0.5, 0.6) is 0 Å². The molecule has 0 spiro atoms. The van der Waals surface area contributed by atoms with Crippen LogP contribution in [0.15, 0.2) is 36.7 Å². The highest BCUT2D eigenvalue weighted by molar-refractivity contribution is 5.92. The van der Waals surface area contributed by atoms with Crippen molar-refractivity contribution < 1.29 is 4.79 Å². The van der Waals surface area contributed by atoms with E-state index < -0.39 is 0 Å². The van der Waals surface area contributed by atoms with Gasteiger partial charge < -0.3 is 15.2 Å². The van der Waals surface area contributed by atoms with E-state index in [2.05, 4.69) is 45.5 Å². The molecule has 2 aliphatic heterocycles. The third kappa shape index (κ3) is 3.51. The van der Waals surface area contributed by atoms with Crippen LogP contribution in [0, 0.1) is 13.8 Å². The van der Waals surface area contributed by atoms with Crippen LogP contribution in [0.25, 0.3) is 22.2 Å². The molecule has 7 nitrogen and oxygen atoms in total. The Morgan fingerprint density at radius 2 is 2.03 bits per heavy atom. The normalized spacial score (nSPS) is 18.0. The fourth-order valence-electron chi connectivity index (χ4n) is 5.42. The summed E-state index contributed by atoms with van der Waals surface area (Å²) in [5.41, 5.74) is 9.96. The molecule has 6 rings (SSSR count). The first-order valence-corrected chi connectivity index (χ1v) is 12.1. The molecule has 7 heteroatoms. The van der Waals surface area contributed by atoms with Crippen LogP contribution in [0.4, 0.5) is 0 Å². The molecule has 2 N–H and O–H groups in total. The third-order valence-corrected chi connectivity index (χ3v) is 7.50. The largest absolute Gasteiger partial charge is 0.346 e.